The third-order valence-electron chi connectivity index (χ3n) is 3.85. The maximum atomic E-state index is 12.4. The Hall–Kier alpha value is -2.43. The van der Waals surface area contributed by atoms with Crippen LogP contribution in [0, 0.1) is 13.8 Å². The summed E-state index contributed by atoms with van der Waals surface area (Å²) in [5.41, 5.74) is 2.43. The van der Waals surface area contributed by atoms with Crippen molar-refractivity contribution < 1.29 is 4.79 Å². The molecule has 1 fully saturated rings. The molecule has 0 atom stereocenters. The summed E-state index contributed by atoms with van der Waals surface area (Å²) < 4.78 is 0. The second-order valence-electron chi connectivity index (χ2n) is 5.50. The van der Waals surface area contributed by atoms with E-state index < -0.39 is 0 Å². The van der Waals surface area contributed by atoms with Gasteiger partial charge in [0.2, 0.25) is 0 Å². The van der Waals surface area contributed by atoms with Gasteiger partial charge in [-0.25, -0.2) is 0 Å². The van der Waals surface area contributed by atoms with Crippen molar-refractivity contribution >= 4 is 5.91 Å². The number of aromatic amines is 1. The standard InChI is InChI=1S/C16H17N3O2/c1-10-7-11(2)18-15(20)14(10)16(21)19-8-12(9-19)13-5-3-4-6-17-13/h3-7,12H,8-9H2,1-2H3,(H,18,20). The maximum Gasteiger partial charge on any atom is 0.261 e. The number of aromatic nitrogens is 2. The van der Waals surface area contributed by atoms with Crippen molar-refractivity contribution in [1.29, 1.82) is 0 Å². The van der Waals surface area contributed by atoms with E-state index in [1.807, 2.05) is 31.2 Å². The van der Waals surface area contributed by atoms with Crippen LogP contribution in [0.5, 0.6) is 0 Å². The van der Waals surface area contributed by atoms with Crippen molar-refractivity contribution in [3.8, 4) is 0 Å². The highest BCUT2D eigenvalue weighted by molar-refractivity contribution is 5.95. The molecule has 2 aromatic heterocycles. The van der Waals surface area contributed by atoms with E-state index in [4.69, 9.17) is 0 Å². The Morgan fingerprint density at radius 1 is 1.33 bits per heavy atom. The van der Waals surface area contributed by atoms with Crippen LogP contribution in [0.15, 0.2) is 35.3 Å². The number of rotatable bonds is 2. The van der Waals surface area contributed by atoms with Gasteiger partial charge in [-0.2, -0.15) is 0 Å². The molecule has 0 bridgehead atoms. The molecular weight excluding hydrogens is 266 g/mol. The highest BCUT2D eigenvalue weighted by Gasteiger charge is 2.34. The molecule has 21 heavy (non-hydrogen) atoms. The number of amides is 1. The zero-order valence-electron chi connectivity index (χ0n) is 12.1. The molecule has 3 rings (SSSR count). The van der Waals surface area contributed by atoms with E-state index in [0.717, 1.165) is 17.0 Å². The van der Waals surface area contributed by atoms with Gasteiger partial charge in [0.25, 0.3) is 11.5 Å². The first-order chi connectivity index (χ1) is 10.1. The summed E-state index contributed by atoms with van der Waals surface area (Å²) in [7, 11) is 0. The van der Waals surface area contributed by atoms with Crippen molar-refractivity contribution in [2.24, 2.45) is 0 Å². The van der Waals surface area contributed by atoms with Crippen LogP contribution in [0.1, 0.15) is 33.2 Å². The number of aryl methyl sites for hydroxylation is 2. The van der Waals surface area contributed by atoms with Gasteiger partial charge < -0.3 is 9.88 Å². The first-order valence-electron chi connectivity index (χ1n) is 6.97. The molecule has 3 heterocycles. The predicted octanol–water partition coefficient (Wildman–Crippen LogP) is 1.63. The Labute approximate surface area is 122 Å². The van der Waals surface area contributed by atoms with E-state index in [0.29, 0.717) is 13.1 Å². The molecule has 108 valence electrons. The number of hydrogen-bond donors (Lipinski definition) is 1. The van der Waals surface area contributed by atoms with E-state index in [-0.39, 0.29) is 22.9 Å². The van der Waals surface area contributed by atoms with Gasteiger partial charge in [-0.05, 0) is 37.6 Å². The zero-order valence-corrected chi connectivity index (χ0v) is 12.1. The number of nitrogens with zero attached hydrogens (tertiary/aromatic N) is 2. The van der Waals surface area contributed by atoms with Crippen LogP contribution in [0.3, 0.4) is 0 Å². The van der Waals surface area contributed by atoms with Crippen LogP contribution < -0.4 is 5.56 Å². The van der Waals surface area contributed by atoms with Gasteiger partial charge in [-0.3, -0.25) is 14.6 Å². The number of hydrogen-bond acceptors (Lipinski definition) is 3. The number of carbonyl (C=O) groups is 1. The lowest BCUT2D eigenvalue weighted by molar-refractivity contribution is 0.0596. The molecule has 5 nitrogen and oxygen atoms in total. The van der Waals surface area contributed by atoms with E-state index in [2.05, 4.69) is 9.97 Å². The molecule has 1 N–H and O–H groups in total. The number of carbonyl (C=O) groups excluding carboxylic acids is 1. The van der Waals surface area contributed by atoms with Crippen molar-refractivity contribution in [1.82, 2.24) is 14.9 Å². The summed E-state index contributed by atoms with van der Waals surface area (Å²) >= 11 is 0. The third-order valence-corrected chi connectivity index (χ3v) is 3.85. The first-order valence-corrected chi connectivity index (χ1v) is 6.97. The van der Waals surface area contributed by atoms with Gasteiger partial charge in [-0.15, -0.1) is 0 Å². The summed E-state index contributed by atoms with van der Waals surface area (Å²) in [6, 6.07) is 7.61. The zero-order chi connectivity index (χ0) is 15.0. The van der Waals surface area contributed by atoms with Crippen molar-refractivity contribution in [3.63, 3.8) is 0 Å². The molecule has 0 spiro atoms. The summed E-state index contributed by atoms with van der Waals surface area (Å²) in [5.74, 6) is 0.0703. The lowest BCUT2D eigenvalue weighted by atomic mass is 9.94. The molecule has 0 aliphatic carbocycles. The summed E-state index contributed by atoms with van der Waals surface area (Å²) in [5, 5.41) is 0. The summed E-state index contributed by atoms with van der Waals surface area (Å²) in [4.78, 5) is 33.1. The highest BCUT2D eigenvalue weighted by Crippen LogP contribution is 2.26. The Bertz CT molecular complexity index is 731. The van der Waals surface area contributed by atoms with Gasteiger partial charge in [0, 0.05) is 36.6 Å². The van der Waals surface area contributed by atoms with Crippen molar-refractivity contribution in [3.05, 3.63) is 63.3 Å². The average molecular weight is 283 g/mol. The fourth-order valence-electron chi connectivity index (χ4n) is 2.73. The van der Waals surface area contributed by atoms with Crippen LogP contribution in [-0.4, -0.2) is 33.9 Å². The average Bonchev–Trinajstić information content (AvgIpc) is 2.37. The molecule has 0 radical (unpaired) electrons. The molecule has 2 aromatic rings. The second kappa shape index (κ2) is 5.16. The molecule has 1 aliphatic heterocycles. The van der Waals surface area contributed by atoms with Gasteiger partial charge in [-0.1, -0.05) is 6.07 Å². The fraction of sp³-hybridized carbons (Fsp3) is 0.312. The SMILES string of the molecule is Cc1cc(C)c(C(=O)N2CC(c3ccccn3)C2)c(=O)[nH]1. The Morgan fingerprint density at radius 2 is 2.10 bits per heavy atom. The minimum absolute atomic E-state index is 0.194. The van der Waals surface area contributed by atoms with Crippen molar-refractivity contribution in [2.45, 2.75) is 19.8 Å². The van der Waals surface area contributed by atoms with Gasteiger partial charge in [0.1, 0.15) is 5.56 Å². The topological polar surface area (TPSA) is 66.1 Å². The Kier molecular flexibility index (Phi) is 3.33. The molecule has 0 aromatic carbocycles. The normalized spacial score (nSPS) is 14.9. The number of H-pyrrole nitrogens is 1. The molecule has 1 saturated heterocycles. The van der Waals surface area contributed by atoms with Crippen LogP contribution in [0.2, 0.25) is 0 Å². The second-order valence-corrected chi connectivity index (χ2v) is 5.50. The van der Waals surface area contributed by atoms with Gasteiger partial charge in [0.15, 0.2) is 0 Å². The summed E-state index contributed by atoms with van der Waals surface area (Å²) in [6.07, 6.45) is 1.76. The van der Waals surface area contributed by atoms with Gasteiger partial charge >= 0.3 is 0 Å². The highest BCUT2D eigenvalue weighted by atomic mass is 16.2. The predicted molar refractivity (Wildman–Crippen MR) is 79.4 cm³/mol. The van der Waals surface area contributed by atoms with Crippen LogP contribution in [0.25, 0.3) is 0 Å². The molecule has 1 amide bonds. The lowest BCUT2D eigenvalue weighted by Crippen LogP contribution is -2.50. The number of likely N-dealkylation sites (tertiary alicyclic amines) is 1. The fourth-order valence-corrected chi connectivity index (χ4v) is 2.73. The van der Waals surface area contributed by atoms with Crippen LogP contribution >= 0.6 is 0 Å². The van der Waals surface area contributed by atoms with Gasteiger partial charge in [0.05, 0.1) is 0 Å². The van der Waals surface area contributed by atoms with Crippen LogP contribution in [0.4, 0.5) is 0 Å². The molecule has 0 saturated carbocycles. The van der Waals surface area contributed by atoms with E-state index in [1.165, 1.54) is 0 Å². The van der Waals surface area contributed by atoms with E-state index >= 15 is 0 Å². The minimum Gasteiger partial charge on any atom is -0.337 e. The third kappa shape index (κ3) is 2.46. The van der Waals surface area contributed by atoms with Crippen LogP contribution in [-0.2, 0) is 0 Å². The first kappa shape index (κ1) is 13.5. The largest absolute Gasteiger partial charge is 0.337 e. The smallest absolute Gasteiger partial charge is 0.261 e. The quantitative estimate of drug-likeness (QED) is 0.911. The molecule has 1 aliphatic rings. The molecule has 5 heteroatoms. The summed E-state index contributed by atoms with van der Waals surface area (Å²) in [6.45, 7) is 4.83. The van der Waals surface area contributed by atoms with E-state index in [9.17, 15) is 9.59 Å². The number of pyridine rings is 2. The molecular formula is C16H17N3O2. The van der Waals surface area contributed by atoms with E-state index in [1.54, 1.807) is 18.0 Å². The number of nitrogens with one attached hydrogen (secondary N) is 1. The Morgan fingerprint density at radius 3 is 2.71 bits per heavy atom. The minimum atomic E-state index is -0.307. The lowest BCUT2D eigenvalue weighted by Gasteiger charge is -2.39. The monoisotopic (exact) mass is 283 g/mol. The maximum absolute atomic E-state index is 12.4. The Balaban J connectivity index is 1.76. The van der Waals surface area contributed by atoms with Crippen molar-refractivity contribution in [2.75, 3.05) is 13.1 Å². The molecule has 0 unspecified atom stereocenters.